The summed E-state index contributed by atoms with van der Waals surface area (Å²) in [6, 6.07) is 7.21. The van der Waals surface area contributed by atoms with Crippen molar-refractivity contribution < 1.29 is 30.6 Å². The van der Waals surface area contributed by atoms with Crippen molar-refractivity contribution in [3.8, 4) is 11.5 Å². The van der Waals surface area contributed by atoms with Crippen molar-refractivity contribution in [2.24, 2.45) is 0 Å². The van der Waals surface area contributed by atoms with Crippen molar-refractivity contribution in [1.29, 1.82) is 0 Å². The van der Waals surface area contributed by atoms with Crippen molar-refractivity contribution in [1.82, 2.24) is 14.9 Å². The molecule has 0 radical (unpaired) electrons. The van der Waals surface area contributed by atoms with Crippen LogP contribution in [-0.4, -0.2) is 63.2 Å². The monoisotopic (exact) mass is 619 g/mol. The van der Waals surface area contributed by atoms with Crippen molar-refractivity contribution in [2.45, 2.75) is 6.42 Å². The van der Waals surface area contributed by atoms with Crippen LogP contribution in [0.5, 0.6) is 11.5 Å². The second kappa shape index (κ2) is 11.5. The lowest BCUT2D eigenvalue weighted by Crippen LogP contribution is -2.34. The highest BCUT2D eigenvalue weighted by atomic mass is 35.5. The maximum absolute atomic E-state index is 13.0. The number of hydrogen-bond acceptors (Lipinski definition) is 10. The molecule has 0 saturated carbocycles. The summed E-state index contributed by atoms with van der Waals surface area (Å²) in [4.78, 5) is 22.9. The van der Waals surface area contributed by atoms with E-state index in [9.17, 15) is 21.7 Å². The molecule has 210 valence electrons. The Balaban J connectivity index is 0.00000420. The number of rotatable bonds is 8. The first-order valence-electron chi connectivity index (χ1n) is 11.1. The quantitative estimate of drug-likeness (QED) is 0.273. The van der Waals surface area contributed by atoms with Crippen LogP contribution in [0.1, 0.15) is 15.9 Å². The molecule has 0 unspecified atom stereocenters. The molecule has 1 amide bonds. The highest BCUT2D eigenvalue weighted by molar-refractivity contribution is 7.81. The third kappa shape index (κ3) is 7.10. The lowest BCUT2D eigenvalue weighted by Gasteiger charge is -2.26. The molecule has 2 heterocycles. The summed E-state index contributed by atoms with van der Waals surface area (Å²) < 4.78 is 57.5. The number of nitrogens with zero attached hydrogens (tertiary/aromatic N) is 3. The van der Waals surface area contributed by atoms with Gasteiger partial charge in [0.05, 0.1) is 24.7 Å². The van der Waals surface area contributed by atoms with Crippen LogP contribution in [0.15, 0.2) is 36.5 Å². The molecule has 1 aromatic heterocycles. The molecule has 2 N–H and O–H groups in total. The number of aromatic nitrogens is 2. The van der Waals surface area contributed by atoms with Crippen LogP contribution >= 0.6 is 31.1 Å². The predicted octanol–water partition coefficient (Wildman–Crippen LogP) is 4.52. The highest BCUT2D eigenvalue weighted by Crippen LogP contribution is 2.40. The Kier molecular flexibility index (Phi) is 9.01. The Hall–Kier alpha value is -3.12. The summed E-state index contributed by atoms with van der Waals surface area (Å²) in [7, 11) is -5.04. The second-order valence-corrected chi connectivity index (χ2v) is 13.4. The van der Waals surface area contributed by atoms with Crippen molar-refractivity contribution in [2.75, 3.05) is 44.7 Å². The first kappa shape index (κ1) is 30.4. The maximum Gasteiger partial charge on any atom is 0.488 e. The Morgan fingerprint density at radius 1 is 1.15 bits per heavy atom. The molecule has 0 spiro atoms. The fourth-order valence-corrected chi connectivity index (χ4v) is 5.50. The molecule has 2 aromatic carbocycles. The van der Waals surface area contributed by atoms with E-state index in [2.05, 4.69) is 24.8 Å². The van der Waals surface area contributed by atoms with E-state index in [1.165, 1.54) is 44.8 Å². The van der Waals surface area contributed by atoms with Crippen molar-refractivity contribution >= 4 is 76.0 Å². The minimum Gasteiger partial charge on any atom is -0.495 e. The molecule has 1 aliphatic heterocycles. The molecule has 4 rings (SSSR count). The number of hydrogen-bond donors (Lipinski definition) is 2. The van der Waals surface area contributed by atoms with Crippen LogP contribution in [0.3, 0.4) is 0 Å². The first-order chi connectivity index (χ1) is 17.7. The zero-order chi connectivity index (χ0) is 27.8. The van der Waals surface area contributed by atoms with E-state index in [1.54, 1.807) is 24.1 Å². The van der Waals surface area contributed by atoms with E-state index in [4.69, 9.17) is 16.3 Å². The van der Waals surface area contributed by atoms with Gasteiger partial charge in [-0.2, -0.15) is 13.4 Å². The third-order valence-electron chi connectivity index (χ3n) is 5.71. The second-order valence-electron chi connectivity index (χ2n) is 8.83. The Morgan fingerprint density at radius 3 is 2.51 bits per heavy atom. The number of fused-ring (bicyclic) bond motifs is 1. The van der Waals surface area contributed by atoms with Gasteiger partial charge in [-0.3, -0.25) is 4.79 Å². The molecule has 0 atom stereocenters. The number of benzene rings is 2. The number of halogens is 3. The predicted molar refractivity (Wildman–Crippen MR) is 151 cm³/mol. The van der Waals surface area contributed by atoms with Gasteiger partial charge in [-0.1, -0.05) is 15.5 Å². The standard InChI is InChI=1S/C23H24ClFN5O6PS.ClH/c1-30-8-7-13-9-19(35-2)18(11-15(13)22(30)31)28-23-26-12-16(24)21(29-23)27-17-6-5-14(36-38(25,33)34)10-20(17)37(3,4)32;/h5-6,9-12H,7-8H2,1-4H3,(H2,26,27,28,29);1H. The fourth-order valence-electron chi connectivity index (χ4n) is 3.88. The molecular weight excluding hydrogens is 595 g/mol. The van der Waals surface area contributed by atoms with Crippen LogP contribution in [-0.2, 0) is 21.5 Å². The minimum atomic E-state index is -5.27. The summed E-state index contributed by atoms with van der Waals surface area (Å²) >= 11 is 6.31. The largest absolute Gasteiger partial charge is 0.495 e. The van der Waals surface area contributed by atoms with Gasteiger partial charge in [-0.05, 0) is 55.6 Å². The summed E-state index contributed by atoms with van der Waals surface area (Å²) in [5.74, 6) is 0.298. The third-order valence-corrected chi connectivity index (χ3v) is 7.91. The number of carbonyl (C=O) groups excluding carboxylic acids is 1. The van der Waals surface area contributed by atoms with E-state index < -0.39 is 17.6 Å². The van der Waals surface area contributed by atoms with E-state index in [-0.39, 0.29) is 51.8 Å². The topological polar surface area (TPSA) is 140 Å². The van der Waals surface area contributed by atoms with E-state index in [0.717, 1.165) is 5.56 Å². The molecule has 16 heteroatoms. The fraction of sp³-hybridized carbons (Fsp3) is 0.261. The molecule has 1 aliphatic rings. The number of methoxy groups -OCH3 is 1. The lowest BCUT2D eigenvalue weighted by atomic mass is 9.98. The van der Waals surface area contributed by atoms with Crippen LogP contribution in [0, 0.1) is 0 Å². The zero-order valence-corrected chi connectivity index (χ0v) is 24.5. The molecule has 39 heavy (non-hydrogen) atoms. The summed E-state index contributed by atoms with van der Waals surface area (Å²) in [5, 5.41) is 6.32. The van der Waals surface area contributed by atoms with Crippen LogP contribution in [0.2, 0.25) is 5.02 Å². The van der Waals surface area contributed by atoms with Crippen molar-refractivity contribution in [3.05, 3.63) is 52.7 Å². The van der Waals surface area contributed by atoms with E-state index >= 15 is 0 Å². The lowest BCUT2D eigenvalue weighted by molar-refractivity contribution is 0.0781. The Labute approximate surface area is 236 Å². The number of amides is 1. The molecule has 0 bridgehead atoms. The van der Waals surface area contributed by atoms with Crippen LogP contribution < -0.4 is 24.9 Å². The average molecular weight is 620 g/mol. The van der Waals surface area contributed by atoms with Gasteiger partial charge in [0.15, 0.2) is 5.82 Å². The summed E-state index contributed by atoms with van der Waals surface area (Å²) in [6.07, 6.45) is 2.04. The van der Waals surface area contributed by atoms with Crippen LogP contribution in [0.4, 0.5) is 27.0 Å². The molecule has 0 aliphatic carbocycles. The van der Waals surface area contributed by atoms with Gasteiger partial charge in [-0.25, -0.2) is 4.98 Å². The smallest absolute Gasteiger partial charge is 0.488 e. The normalized spacial score (nSPS) is 13.3. The summed E-state index contributed by atoms with van der Waals surface area (Å²) in [5.41, 5.74) is 2.16. The number of nitrogens with one attached hydrogen (secondary N) is 2. The van der Waals surface area contributed by atoms with Gasteiger partial charge in [0.25, 0.3) is 5.91 Å². The van der Waals surface area contributed by atoms with E-state index in [0.29, 0.717) is 30.0 Å². The average Bonchev–Trinajstić information content (AvgIpc) is 2.83. The number of likely N-dealkylation sites (N-methyl/N-ethyl adjacent to an activating group) is 1. The van der Waals surface area contributed by atoms with Gasteiger partial charge < -0.3 is 29.0 Å². The first-order valence-corrected chi connectivity index (χ1v) is 15.4. The summed E-state index contributed by atoms with van der Waals surface area (Å²) in [6.45, 7) is 3.52. The van der Waals surface area contributed by atoms with Gasteiger partial charge in [-0.15, -0.1) is 12.4 Å². The Morgan fingerprint density at radius 2 is 1.87 bits per heavy atom. The van der Waals surface area contributed by atoms with Crippen LogP contribution in [0.25, 0.3) is 0 Å². The van der Waals surface area contributed by atoms with E-state index in [1.807, 2.05) is 0 Å². The van der Waals surface area contributed by atoms with Gasteiger partial charge in [0.2, 0.25) is 5.95 Å². The maximum atomic E-state index is 13.0. The molecular formula is C23H25Cl2FN5O6PS. The molecule has 3 aromatic rings. The highest BCUT2D eigenvalue weighted by Gasteiger charge is 2.25. The molecule has 0 saturated heterocycles. The van der Waals surface area contributed by atoms with Crippen molar-refractivity contribution in [3.63, 3.8) is 0 Å². The Bertz CT molecular complexity index is 1590. The van der Waals surface area contributed by atoms with Gasteiger partial charge >= 0.3 is 10.5 Å². The number of ether oxygens (including phenoxy) is 1. The molecule has 11 nitrogen and oxygen atoms in total. The number of anilines is 4. The SMILES string of the molecule is COc1cc2c(cc1Nc1ncc(Cl)c(Nc3ccc(OS(=O)(=O)F)cc3P(C)(C)=O)n1)C(=O)N(C)CC2.Cl. The number of carbonyl (C=O) groups is 1. The molecule has 0 fully saturated rings. The van der Waals surface area contributed by atoms with Gasteiger partial charge in [0, 0.05) is 24.5 Å². The minimum absolute atomic E-state index is 0. The zero-order valence-electron chi connectivity index (χ0n) is 21.2. The van der Waals surface area contributed by atoms with Gasteiger partial charge in [0.1, 0.15) is 23.7 Å².